The largest absolute Gasteiger partial charge is 0.508 e. The summed E-state index contributed by atoms with van der Waals surface area (Å²) in [4.78, 5) is 0. The Labute approximate surface area is 119 Å². The normalized spacial score (nSPS) is 12.3. The summed E-state index contributed by atoms with van der Waals surface area (Å²) in [5.74, 6) is 0.743. The first-order valence-corrected chi connectivity index (χ1v) is 6.71. The summed E-state index contributed by atoms with van der Waals surface area (Å²) < 4.78 is 10.6. The third-order valence-electron chi connectivity index (χ3n) is 2.52. The van der Waals surface area contributed by atoms with Gasteiger partial charge in [-0.25, -0.2) is 0 Å². The van der Waals surface area contributed by atoms with Crippen molar-refractivity contribution in [3.63, 3.8) is 0 Å². The number of hydrogen-bond acceptors (Lipinski definition) is 6. The Morgan fingerprint density at radius 3 is 2.85 bits per heavy atom. The van der Waals surface area contributed by atoms with Crippen LogP contribution in [0.1, 0.15) is 6.42 Å². The fourth-order valence-corrected chi connectivity index (χ4v) is 1.54. The Balaban J connectivity index is 1.98. The number of ether oxygens (including phenoxy) is 2. The number of aliphatic hydroxyl groups is 2. The maximum atomic E-state index is 9.58. The number of benzene rings is 1. The molecule has 20 heavy (non-hydrogen) atoms. The van der Waals surface area contributed by atoms with Gasteiger partial charge in [-0.2, -0.15) is 0 Å². The second-order valence-electron chi connectivity index (χ2n) is 4.36. The standard InChI is InChI=1S/C14H23NO5/c16-6-2-5-15-10-13(18)11-19-7-8-20-14-4-1-3-12(17)9-14/h1,3-4,9,13,15-18H,2,5-8,10-11H2. The highest BCUT2D eigenvalue weighted by Crippen LogP contribution is 2.17. The second kappa shape index (κ2) is 10.4. The summed E-state index contributed by atoms with van der Waals surface area (Å²) in [5, 5.41) is 30.4. The first kappa shape index (κ1) is 16.7. The van der Waals surface area contributed by atoms with Gasteiger partial charge in [0, 0.05) is 19.2 Å². The molecule has 114 valence electrons. The summed E-state index contributed by atoms with van der Waals surface area (Å²) in [6, 6.07) is 6.55. The second-order valence-corrected chi connectivity index (χ2v) is 4.36. The lowest BCUT2D eigenvalue weighted by molar-refractivity contribution is 0.0250. The van der Waals surface area contributed by atoms with Crippen LogP contribution in [0.5, 0.6) is 11.5 Å². The Kier molecular flexibility index (Phi) is 8.73. The molecule has 0 saturated heterocycles. The van der Waals surface area contributed by atoms with Gasteiger partial charge in [0.1, 0.15) is 18.1 Å². The zero-order chi connectivity index (χ0) is 14.6. The Morgan fingerprint density at radius 2 is 2.10 bits per heavy atom. The van der Waals surface area contributed by atoms with Crippen LogP contribution in [0.2, 0.25) is 0 Å². The van der Waals surface area contributed by atoms with Gasteiger partial charge in [0.05, 0.1) is 19.3 Å². The summed E-state index contributed by atoms with van der Waals surface area (Å²) in [7, 11) is 0. The fourth-order valence-electron chi connectivity index (χ4n) is 1.54. The molecule has 0 aromatic heterocycles. The first-order valence-electron chi connectivity index (χ1n) is 6.71. The molecule has 0 radical (unpaired) electrons. The molecule has 0 amide bonds. The minimum absolute atomic E-state index is 0.145. The van der Waals surface area contributed by atoms with Crippen LogP contribution in [-0.2, 0) is 4.74 Å². The van der Waals surface area contributed by atoms with Crippen molar-refractivity contribution in [2.45, 2.75) is 12.5 Å². The highest BCUT2D eigenvalue weighted by molar-refractivity contribution is 5.31. The van der Waals surface area contributed by atoms with Crippen molar-refractivity contribution in [2.75, 3.05) is 39.5 Å². The smallest absolute Gasteiger partial charge is 0.123 e. The van der Waals surface area contributed by atoms with E-state index in [1.165, 1.54) is 6.07 Å². The van der Waals surface area contributed by atoms with E-state index in [1.54, 1.807) is 18.2 Å². The topological polar surface area (TPSA) is 91.2 Å². The van der Waals surface area contributed by atoms with Crippen LogP contribution in [0, 0.1) is 0 Å². The number of phenols is 1. The SMILES string of the molecule is OCCCNCC(O)COCCOc1cccc(O)c1. The van der Waals surface area contributed by atoms with E-state index in [-0.39, 0.29) is 19.0 Å². The number of phenolic OH excluding ortho intramolecular Hbond substituents is 1. The molecule has 1 aromatic carbocycles. The molecule has 0 aliphatic heterocycles. The van der Waals surface area contributed by atoms with Gasteiger partial charge < -0.3 is 30.1 Å². The quantitative estimate of drug-likeness (QED) is 0.432. The van der Waals surface area contributed by atoms with Crippen LogP contribution in [0.25, 0.3) is 0 Å². The lowest BCUT2D eigenvalue weighted by atomic mass is 10.3. The highest BCUT2D eigenvalue weighted by Gasteiger charge is 2.03. The molecule has 0 aliphatic carbocycles. The maximum absolute atomic E-state index is 9.58. The molecule has 1 unspecified atom stereocenters. The van der Waals surface area contributed by atoms with Gasteiger partial charge in [0.15, 0.2) is 0 Å². The van der Waals surface area contributed by atoms with E-state index in [0.29, 0.717) is 38.5 Å². The molecule has 1 atom stereocenters. The van der Waals surface area contributed by atoms with E-state index in [0.717, 1.165) is 0 Å². The van der Waals surface area contributed by atoms with Crippen molar-refractivity contribution in [3.05, 3.63) is 24.3 Å². The Morgan fingerprint density at radius 1 is 1.25 bits per heavy atom. The summed E-state index contributed by atoms with van der Waals surface area (Å²) >= 11 is 0. The van der Waals surface area contributed by atoms with Crippen molar-refractivity contribution < 1.29 is 24.8 Å². The average molecular weight is 285 g/mol. The zero-order valence-corrected chi connectivity index (χ0v) is 11.5. The van der Waals surface area contributed by atoms with Crippen LogP contribution in [-0.4, -0.2) is 60.9 Å². The molecule has 1 rings (SSSR count). The zero-order valence-electron chi connectivity index (χ0n) is 11.5. The van der Waals surface area contributed by atoms with Crippen LogP contribution in [0.4, 0.5) is 0 Å². The van der Waals surface area contributed by atoms with Gasteiger partial charge >= 0.3 is 0 Å². The summed E-state index contributed by atoms with van der Waals surface area (Å²) in [5.41, 5.74) is 0. The number of aromatic hydroxyl groups is 1. The molecule has 6 heteroatoms. The van der Waals surface area contributed by atoms with Crippen molar-refractivity contribution >= 4 is 0 Å². The van der Waals surface area contributed by atoms with E-state index in [1.807, 2.05) is 0 Å². The van der Waals surface area contributed by atoms with Crippen molar-refractivity contribution in [2.24, 2.45) is 0 Å². The van der Waals surface area contributed by atoms with Crippen LogP contribution in [0.15, 0.2) is 24.3 Å². The number of aliphatic hydroxyl groups excluding tert-OH is 2. The van der Waals surface area contributed by atoms with Gasteiger partial charge in [-0.05, 0) is 25.1 Å². The molecular formula is C14H23NO5. The minimum atomic E-state index is -0.575. The van der Waals surface area contributed by atoms with Gasteiger partial charge in [-0.15, -0.1) is 0 Å². The molecule has 0 aliphatic rings. The van der Waals surface area contributed by atoms with E-state index in [4.69, 9.17) is 14.6 Å². The van der Waals surface area contributed by atoms with Gasteiger partial charge in [-0.3, -0.25) is 0 Å². The molecule has 0 bridgehead atoms. The average Bonchev–Trinajstić information content (AvgIpc) is 2.43. The van der Waals surface area contributed by atoms with Crippen molar-refractivity contribution in [1.29, 1.82) is 0 Å². The number of nitrogens with one attached hydrogen (secondary N) is 1. The van der Waals surface area contributed by atoms with Gasteiger partial charge in [0.2, 0.25) is 0 Å². The molecule has 0 spiro atoms. The molecule has 0 heterocycles. The van der Waals surface area contributed by atoms with E-state index in [2.05, 4.69) is 5.32 Å². The Hall–Kier alpha value is -1.34. The summed E-state index contributed by atoms with van der Waals surface area (Å²) in [6.07, 6.45) is 0.0974. The summed E-state index contributed by atoms with van der Waals surface area (Å²) in [6.45, 7) is 2.21. The molecule has 0 fully saturated rings. The molecule has 4 N–H and O–H groups in total. The number of rotatable bonds is 11. The first-order chi connectivity index (χ1) is 9.72. The Bertz CT molecular complexity index is 361. The molecule has 1 aromatic rings. The third kappa shape index (κ3) is 7.96. The van der Waals surface area contributed by atoms with E-state index < -0.39 is 6.10 Å². The fraction of sp³-hybridized carbons (Fsp3) is 0.571. The minimum Gasteiger partial charge on any atom is -0.508 e. The predicted octanol–water partition coefficient (Wildman–Crippen LogP) is 0.120. The van der Waals surface area contributed by atoms with Gasteiger partial charge in [0.25, 0.3) is 0 Å². The van der Waals surface area contributed by atoms with E-state index in [9.17, 15) is 10.2 Å². The third-order valence-corrected chi connectivity index (χ3v) is 2.52. The van der Waals surface area contributed by atoms with E-state index >= 15 is 0 Å². The lowest BCUT2D eigenvalue weighted by Crippen LogP contribution is -2.31. The van der Waals surface area contributed by atoms with Crippen molar-refractivity contribution in [3.8, 4) is 11.5 Å². The molecular weight excluding hydrogens is 262 g/mol. The van der Waals surface area contributed by atoms with Crippen molar-refractivity contribution in [1.82, 2.24) is 5.32 Å². The lowest BCUT2D eigenvalue weighted by Gasteiger charge is -2.12. The monoisotopic (exact) mass is 285 g/mol. The van der Waals surface area contributed by atoms with Crippen LogP contribution < -0.4 is 10.1 Å². The van der Waals surface area contributed by atoms with Crippen LogP contribution >= 0.6 is 0 Å². The molecule has 6 nitrogen and oxygen atoms in total. The van der Waals surface area contributed by atoms with Crippen LogP contribution in [0.3, 0.4) is 0 Å². The number of hydrogen-bond donors (Lipinski definition) is 4. The highest BCUT2D eigenvalue weighted by atomic mass is 16.5. The predicted molar refractivity (Wildman–Crippen MR) is 75.0 cm³/mol. The van der Waals surface area contributed by atoms with Gasteiger partial charge in [-0.1, -0.05) is 6.07 Å². The molecule has 0 saturated carbocycles. The maximum Gasteiger partial charge on any atom is 0.123 e.